The molecular weight excluding hydrogens is 755 g/mol. The summed E-state index contributed by atoms with van der Waals surface area (Å²) in [5, 5.41) is 16.1. The van der Waals surface area contributed by atoms with Gasteiger partial charge in [-0.15, -0.1) is 0 Å². The number of hydrogen-bond donors (Lipinski definition) is 2. The fourth-order valence-electron chi connectivity index (χ4n) is 7.70. The third-order valence-electron chi connectivity index (χ3n) is 11.1. The maximum Gasteiger partial charge on any atom is 0.211 e. The number of nitrogens with zero attached hydrogens (tertiary/aromatic N) is 2. The van der Waals surface area contributed by atoms with Crippen LogP contribution < -0.4 is 0 Å². The molecule has 0 aliphatic carbocycles. The van der Waals surface area contributed by atoms with Gasteiger partial charge in [0.25, 0.3) is 0 Å². The molecule has 1 heterocycles. The number of aryl methyl sites for hydroxylation is 4. The van der Waals surface area contributed by atoms with E-state index in [1.54, 1.807) is 4.70 Å². The summed E-state index contributed by atoms with van der Waals surface area (Å²) in [4.78, 5) is 0. The predicted octanol–water partition coefficient (Wildman–Crippen LogP) is 16.1. The molecule has 334 valence electrons. The topological polar surface area (TPSA) is 65.8 Å². The van der Waals surface area contributed by atoms with Crippen molar-refractivity contribution in [3.63, 3.8) is 0 Å². The Morgan fingerprint density at radius 2 is 0.621 bits per heavy atom. The van der Waals surface area contributed by atoms with E-state index < -0.39 is 0 Å². The van der Waals surface area contributed by atoms with Crippen molar-refractivity contribution >= 4 is 11.4 Å². The van der Waals surface area contributed by atoms with Crippen molar-refractivity contribution in [2.24, 2.45) is 0 Å². The monoisotopic (exact) mass is 845 g/mol. The van der Waals surface area contributed by atoms with Crippen LogP contribution in [0.25, 0.3) is 16.9 Å². The second-order valence-corrected chi connectivity index (χ2v) is 16.6. The van der Waals surface area contributed by atoms with Crippen LogP contribution in [0.5, 0.6) is 0 Å². The summed E-state index contributed by atoms with van der Waals surface area (Å²) in [6.45, 7) is 18.6. The van der Waals surface area contributed by atoms with Gasteiger partial charge in [0.05, 0.1) is 0 Å². The number of aliphatic hydroxyl groups is 2. The number of unbranched alkanes of at least 4 members (excludes halogenated alkanes) is 13. The van der Waals surface area contributed by atoms with Crippen LogP contribution in [0, 0.1) is 0 Å². The predicted molar refractivity (Wildman–Crippen MR) is 251 cm³/mol. The van der Waals surface area contributed by atoms with Crippen LogP contribution in [0.4, 0.5) is 0 Å². The van der Waals surface area contributed by atoms with Gasteiger partial charge in [0.15, 0.2) is 0 Å². The molecule has 4 nitrogen and oxygen atoms in total. The van der Waals surface area contributed by atoms with Gasteiger partial charge in [-0.25, -0.2) is 4.70 Å². The Balaban J connectivity index is 0.00000263. The number of rotatable bonds is 29. The van der Waals surface area contributed by atoms with Gasteiger partial charge in [-0.3, -0.25) is 0 Å². The molecule has 2 aromatic rings. The quantitative estimate of drug-likeness (QED) is 0.0487. The van der Waals surface area contributed by atoms with E-state index in [0.29, 0.717) is 13.2 Å². The van der Waals surface area contributed by atoms with Gasteiger partial charge >= 0.3 is 0 Å². The Morgan fingerprint density at radius 3 is 0.862 bits per heavy atom. The minimum absolute atomic E-state index is 0. The number of aliphatic hydroxyl groups excluding tert-OH is 2. The first-order chi connectivity index (χ1) is 27.8. The van der Waals surface area contributed by atoms with E-state index in [9.17, 15) is 5.53 Å². The minimum Gasteiger partial charge on any atom is -0.493 e. The fraction of sp³-hybridized carbons (Fsp3) is 0.698. The molecule has 0 radical (unpaired) electrons. The second-order valence-electron chi connectivity index (χ2n) is 16.6. The third kappa shape index (κ3) is 22.0. The van der Waals surface area contributed by atoms with Gasteiger partial charge < -0.3 is 15.7 Å². The molecule has 2 N–H and O–H groups in total. The molecule has 0 saturated heterocycles. The van der Waals surface area contributed by atoms with Gasteiger partial charge in [-0.2, -0.15) is 0 Å². The Morgan fingerprint density at radius 1 is 0.362 bits per heavy atom. The largest absolute Gasteiger partial charge is 0.493 e. The molecule has 0 fully saturated rings. The molecule has 0 saturated carbocycles. The first-order valence-corrected chi connectivity index (χ1v) is 24.3. The number of benzene rings is 2. The SMILES string of the molecule is CCCCCC1=C(c2cc(CCCCC)cc(CCCCC)c2)[N+](=[N-])C(c2cc(CCCCC)cc(CCCCC)c2)=C1CCCC.CCCCO.CCCCO.[Ni]. The van der Waals surface area contributed by atoms with E-state index in [1.807, 2.05) is 0 Å². The summed E-state index contributed by atoms with van der Waals surface area (Å²) in [5.41, 5.74) is 25.6. The van der Waals surface area contributed by atoms with Crippen LogP contribution >= 0.6 is 0 Å². The minimum atomic E-state index is 0. The smallest absolute Gasteiger partial charge is 0.211 e. The first kappa shape index (κ1) is 55.9. The van der Waals surface area contributed by atoms with Crippen LogP contribution in [-0.4, -0.2) is 28.1 Å². The summed E-state index contributed by atoms with van der Waals surface area (Å²) < 4.78 is 1.66. The molecule has 0 atom stereocenters. The average molecular weight is 846 g/mol. The zero-order valence-electron chi connectivity index (χ0n) is 39.1. The molecular formula is C53H90N2NiO2. The van der Waals surface area contributed by atoms with Crippen molar-refractivity contribution in [1.82, 2.24) is 0 Å². The summed E-state index contributed by atoms with van der Waals surface area (Å²) >= 11 is 0. The molecule has 0 spiro atoms. The third-order valence-corrected chi connectivity index (χ3v) is 11.1. The average Bonchev–Trinajstić information content (AvgIpc) is 3.48. The molecule has 1 aliphatic rings. The molecule has 2 aromatic carbocycles. The summed E-state index contributed by atoms with van der Waals surface area (Å²) in [5.74, 6) is 0. The van der Waals surface area contributed by atoms with Gasteiger partial charge in [0.2, 0.25) is 11.4 Å². The van der Waals surface area contributed by atoms with E-state index in [0.717, 1.165) is 88.4 Å². The standard InChI is InChI=1S/C45H70N2.2C4H10O.Ni/c1-7-13-19-24-36-30-37(25-20-14-8-2)33-40(32-36)44-42(28-18-12-6)43(29-23-17-11-5)45(47(44)46)41-34-38(26-21-15-9-3)31-39(35-41)27-22-16-10-4;2*1-2-3-4-5;/h30-35H,7-29H2,1-6H3;2*5H,2-4H2,1H3;. The normalized spacial score (nSPS) is 12.3. The van der Waals surface area contributed by atoms with Crippen molar-refractivity contribution < 1.29 is 31.4 Å². The zero-order chi connectivity index (χ0) is 42.1. The van der Waals surface area contributed by atoms with Gasteiger partial charge in [-0.05, 0) is 136 Å². The van der Waals surface area contributed by atoms with Crippen LogP contribution in [-0.2, 0) is 42.2 Å². The van der Waals surface area contributed by atoms with Crippen molar-refractivity contribution in [3.8, 4) is 0 Å². The van der Waals surface area contributed by atoms with Crippen LogP contribution in [0.2, 0.25) is 0 Å². The molecule has 1 aliphatic heterocycles. The first-order valence-electron chi connectivity index (χ1n) is 24.3. The van der Waals surface area contributed by atoms with E-state index in [1.165, 1.54) is 141 Å². The maximum atomic E-state index is 12.5. The molecule has 0 unspecified atom stereocenters. The van der Waals surface area contributed by atoms with Crippen molar-refractivity contribution in [3.05, 3.63) is 86.5 Å². The molecule has 0 aromatic heterocycles. The van der Waals surface area contributed by atoms with E-state index in [2.05, 4.69) is 91.8 Å². The van der Waals surface area contributed by atoms with Crippen molar-refractivity contribution in [2.75, 3.05) is 13.2 Å². The Bertz CT molecular complexity index is 1340. The molecule has 58 heavy (non-hydrogen) atoms. The summed E-state index contributed by atoms with van der Waals surface area (Å²) in [7, 11) is 0. The van der Waals surface area contributed by atoms with E-state index >= 15 is 0 Å². The Hall–Kier alpha value is -2.07. The van der Waals surface area contributed by atoms with Gasteiger partial charge in [0, 0.05) is 52.0 Å². The zero-order valence-corrected chi connectivity index (χ0v) is 40.1. The molecule has 3 rings (SSSR count). The van der Waals surface area contributed by atoms with Crippen molar-refractivity contribution in [2.45, 2.75) is 229 Å². The van der Waals surface area contributed by atoms with E-state index in [-0.39, 0.29) is 16.5 Å². The number of hydrogen-bond acceptors (Lipinski definition) is 2. The summed E-state index contributed by atoms with van der Waals surface area (Å²) in [6.07, 6.45) is 31.5. The molecule has 0 amide bonds. The van der Waals surface area contributed by atoms with Crippen LogP contribution in [0.15, 0.2) is 47.5 Å². The number of allylic oxidation sites excluding steroid dienone is 2. The molecule has 0 bridgehead atoms. The molecule has 5 heteroatoms. The second kappa shape index (κ2) is 36.8. The Labute approximate surface area is 369 Å². The van der Waals surface area contributed by atoms with Gasteiger partial charge in [0.1, 0.15) is 0 Å². The van der Waals surface area contributed by atoms with Crippen molar-refractivity contribution in [1.29, 1.82) is 0 Å². The maximum absolute atomic E-state index is 12.5. The summed E-state index contributed by atoms with van der Waals surface area (Å²) in [6, 6.07) is 14.6. The Kier molecular flexibility index (Phi) is 35.4. The van der Waals surface area contributed by atoms with Crippen LogP contribution in [0.3, 0.4) is 0 Å². The van der Waals surface area contributed by atoms with Gasteiger partial charge in [-0.1, -0.05) is 151 Å². The van der Waals surface area contributed by atoms with E-state index in [4.69, 9.17) is 10.2 Å². The van der Waals surface area contributed by atoms with Crippen LogP contribution in [0.1, 0.15) is 236 Å². The fourth-order valence-corrected chi connectivity index (χ4v) is 7.70.